The molecule has 0 radical (unpaired) electrons. The topological polar surface area (TPSA) is 46.5 Å². The molecule has 0 unspecified atom stereocenters. The smallest absolute Gasteiger partial charge is 0.335 e. The molecule has 0 saturated carbocycles. The number of carbonyl (C=O) groups is 1. The maximum Gasteiger partial charge on any atom is 0.335 e. The number of hydrogen-bond donors (Lipinski definition) is 1. The van der Waals surface area contributed by atoms with Crippen molar-refractivity contribution < 1.29 is 19.0 Å². The minimum absolute atomic E-state index is 0.0780. The van der Waals surface area contributed by atoms with E-state index in [0.717, 1.165) is 0 Å². The first-order chi connectivity index (χ1) is 9.49. The van der Waals surface area contributed by atoms with E-state index in [9.17, 15) is 9.18 Å². The average Bonchev–Trinajstić information content (AvgIpc) is 2.41. The number of ether oxygens (including phenoxy) is 1. The van der Waals surface area contributed by atoms with Crippen molar-refractivity contribution in [2.45, 2.75) is 6.61 Å². The van der Waals surface area contributed by atoms with Gasteiger partial charge in [-0.15, -0.1) is 0 Å². The Morgan fingerprint density at radius 1 is 1.35 bits per heavy atom. The first kappa shape index (κ1) is 14.8. The lowest BCUT2D eigenvalue weighted by atomic mass is 10.2. The van der Waals surface area contributed by atoms with E-state index < -0.39 is 5.97 Å². The highest BCUT2D eigenvalue weighted by Gasteiger charge is 2.10. The van der Waals surface area contributed by atoms with Crippen LogP contribution in [-0.4, -0.2) is 11.1 Å². The van der Waals surface area contributed by atoms with Crippen molar-refractivity contribution in [1.29, 1.82) is 0 Å². The van der Waals surface area contributed by atoms with Gasteiger partial charge in [-0.1, -0.05) is 23.7 Å². The third-order valence-corrected chi connectivity index (χ3v) is 3.78. The quantitative estimate of drug-likeness (QED) is 0.873. The summed E-state index contributed by atoms with van der Waals surface area (Å²) in [6.45, 7) is 0.116. The average molecular weight is 360 g/mol. The maximum absolute atomic E-state index is 13.3. The van der Waals surface area contributed by atoms with Crippen LogP contribution in [0.15, 0.2) is 40.9 Å². The summed E-state index contributed by atoms with van der Waals surface area (Å²) in [5.74, 6) is -1.10. The van der Waals surface area contributed by atoms with Gasteiger partial charge in [0.2, 0.25) is 0 Å². The van der Waals surface area contributed by atoms with Gasteiger partial charge in [0.05, 0.1) is 15.1 Å². The minimum Gasteiger partial charge on any atom is -0.487 e. The van der Waals surface area contributed by atoms with Gasteiger partial charge >= 0.3 is 5.97 Å². The van der Waals surface area contributed by atoms with Crippen LogP contribution in [0, 0.1) is 5.82 Å². The molecule has 104 valence electrons. The van der Waals surface area contributed by atoms with Crippen molar-refractivity contribution in [2.75, 3.05) is 0 Å². The normalized spacial score (nSPS) is 10.3. The molecule has 0 atom stereocenters. The predicted molar refractivity (Wildman–Crippen MR) is 76.8 cm³/mol. The predicted octanol–water partition coefficient (Wildman–Crippen LogP) is 4.52. The zero-order valence-corrected chi connectivity index (χ0v) is 12.4. The molecule has 0 saturated heterocycles. The number of halogens is 3. The number of hydrogen-bond acceptors (Lipinski definition) is 2. The monoisotopic (exact) mass is 358 g/mol. The molecule has 2 aromatic carbocycles. The molecule has 0 aliphatic heterocycles. The van der Waals surface area contributed by atoms with Crippen molar-refractivity contribution in [2.24, 2.45) is 0 Å². The van der Waals surface area contributed by atoms with Gasteiger partial charge in [0.15, 0.2) is 0 Å². The van der Waals surface area contributed by atoms with E-state index in [1.807, 2.05) is 0 Å². The summed E-state index contributed by atoms with van der Waals surface area (Å²) in [6.07, 6.45) is 0. The number of aromatic carboxylic acids is 1. The van der Waals surface area contributed by atoms with Crippen LogP contribution in [0.3, 0.4) is 0 Å². The molecule has 6 heteroatoms. The molecular formula is C14H9BrClFO3. The first-order valence-corrected chi connectivity index (χ1v) is 6.74. The fourth-order valence-electron chi connectivity index (χ4n) is 1.57. The molecule has 2 rings (SSSR count). The van der Waals surface area contributed by atoms with Gasteiger partial charge in [0.25, 0.3) is 0 Å². The second kappa shape index (κ2) is 6.24. The van der Waals surface area contributed by atoms with E-state index in [0.29, 0.717) is 15.8 Å². The van der Waals surface area contributed by atoms with Crippen molar-refractivity contribution in [3.8, 4) is 5.75 Å². The molecule has 0 bridgehead atoms. The Balaban J connectivity index is 2.15. The highest BCUT2D eigenvalue weighted by Crippen LogP contribution is 2.28. The van der Waals surface area contributed by atoms with Crippen LogP contribution in [0.4, 0.5) is 4.39 Å². The van der Waals surface area contributed by atoms with Gasteiger partial charge in [0, 0.05) is 5.56 Å². The van der Waals surface area contributed by atoms with Gasteiger partial charge in [-0.3, -0.25) is 0 Å². The van der Waals surface area contributed by atoms with E-state index in [2.05, 4.69) is 15.9 Å². The molecule has 0 aromatic heterocycles. The molecule has 2 aromatic rings. The zero-order chi connectivity index (χ0) is 14.7. The van der Waals surface area contributed by atoms with Gasteiger partial charge < -0.3 is 9.84 Å². The number of rotatable bonds is 4. The standard InChI is InChI=1S/C14H9BrClFO3/c15-13-9(2-1-3-11(13)17)7-20-12-5-4-8(14(18)19)6-10(12)16/h1-6H,7H2,(H,18,19). The lowest BCUT2D eigenvalue weighted by Gasteiger charge is -2.10. The Morgan fingerprint density at radius 3 is 2.75 bits per heavy atom. The zero-order valence-electron chi connectivity index (χ0n) is 10.1. The van der Waals surface area contributed by atoms with Crippen molar-refractivity contribution in [3.63, 3.8) is 0 Å². The lowest BCUT2D eigenvalue weighted by Crippen LogP contribution is -2.00. The van der Waals surface area contributed by atoms with Crippen LogP contribution in [0.25, 0.3) is 0 Å². The van der Waals surface area contributed by atoms with E-state index in [-0.39, 0.29) is 23.0 Å². The molecule has 0 aliphatic rings. The van der Waals surface area contributed by atoms with Crippen molar-refractivity contribution in [1.82, 2.24) is 0 Å². The Bertz CT molecular complexity index is 661. The lowest BCUT2D eigenvalue weighted by molar-refractivity contribution is 0.0697. The summed E-state index contributed by atoms with van der Waals surface area (Å²) in [6, 6.07) is 8.80. The van der Waals surface area contributed by atoms with Gasteiger partial charge in [-0.2, -0.15) is 0 Å². The molecule has 0 fully saturated rings. The Hall–Kier alpha value is -1.59. The molecule has 0 heterocycles. The van der Waals surface area contributed by atoms with Crippen LogP contribution < -0.4 is 4.74 Å². The van der Waals surface area contributed by atoms with Crippen LogP contribution in [-0.2, 0) is 6.61 Å². The van der Waals surface area contributed by atoms with E-state index in [1.165, 1.54) is 24.3 Å². The Morgan fingerprint density at radius 2 is 2.10 bits per heavy atom. The third kappa shape index (κ3) is 3.29. The molecular weight excluding hydrogens is 351 g/mol. The summed E-state index contributed by atoms with van der Waals surface area (Å²) in [5.41, 5.74) is 0.706. The van der Waals surface area contributed by atoms with Gasteiger partial charge in [-0.05, 0) is 40.2 Å². The SMILES string of the molecule is O=C(O)c1ccc(OCc2cccc(F)c2Br)c(Cl)c1. The van der Waals surface area contributed by atoms with Crippen LogP contribution >= 0.6 is 27.5 Å². The minimum atomic E-state index is -1.06. The number of carboxylic acid groups (broad SMARTS) is 1. The summed E-state index contributed by atoms with van der Waals surface area (Å²) in [7, 11) is 0. The molecule has 0 aliphatic carbocycles. The largest absolute Gasteiger partial charge is 0.487 e. The summed E-state index contributed by atoms with van der Waals surface area (Å²) < 4.78 is 19.1. The molecule has 0 amide bonds. The van der Waals surface area contributed by atoms with Crippen molar-refractivity contribution in [3.05, 3.63) is 62.8 Å². The van der Waals surface area contributed by atoms with Crippen LogP contribution in [0.1, 0.15) is 15.9 Å². The first-order valence-electron chi connectivity index (χ1n) is 5.57. The number of benzene rings is 2. The highest BCUT2D eigenvalue weighted by atomic mass is 79.9. The summed E-state index contributed by atoms with van der Waals surface area (Å²) in [5, 5.41) is 9.02. The third-order valence-electron chi connectivity index (χ3n) is 2.59. The highest BCUT2D eigenvalue weighted by molar-refractivity contribution is 9.10. The Labute approximate surface area is 128 Å². The summed E-state index contributed by atoms with van der Waals surface area (Å²) in [4.78, 5) is 10.8. The Kier molecular flexibility index (Phi) is 4.62. The van der Waals surface area contributed by atoms with Crippen LogP contribution in [0.2, 0.25) is 5.02 Å². The van der Waals surface area contributed by atoms with Gasteiger partial charge in [-0.25, -0.2) is 9.18 Å². The van der Waals surface area contributed by atoms with E-state index >= 15 is 0 Å². The number of carboxylic acids is 1. The summed E-state index contributed by atoms with van der Waals surface area (Å²) >= 11 is 9.07. The van der Waals surface area contributed by atoms with E-state index in [1.54, 1.807) is 12.1 Å². The second-order valence-electron chi connectivity index (χ2n) is 3.95. The van der Waals surface area contributed by atoms with E-state index in [4.69, 9.17) is 21.4 Å². The molecule has 20 heavy (non-hydrogen) atoms. The van der Waals surface area contributed by atoms with Crippen LogP contribution in [0.5, 0.6) is 5.75 Å². The fraction of sp³-hybridized carbons (Fsp3) is 0.0714. The second-order valence-corrected chi connectivity index (χ2v) is 5.15. The molecule has 3 nitrogen and oxygen atoms in total. The fourth-order valence-corrected chi connectivity index (χ4v) is 2.18. The molecule has 1 N–H and O–H groups in total. The molecule has 0 spiro atoms. The van der Waals surface area contributed by atoms with Crippen molar-refractivity contribution >= 4 is 33.5 Å². The van der Waals surface area contributed by atoms with Gasteiger partial charge in [0.1, 0.15) is 18.2 Å². The maximum atomic E-state index is 13.3.